The SMILES string of the molecule is CC([O])S(=O)(=O)c1cccc2ccccc12. The molecule has 0 fully saturated rings. The van der Waals surface area contributed by atoms with Gasteiger partial charge in [0.2, 0.25) is 9.84 Å². The number of benzene rings is 2. The van der Waals surface area contributed by atoms with Gasteiger partial charge in [0.15, 0.2) is 5.44 Å². The Morgan fingerprint density at radius 2 is 1.62 bits per heavy atom. The van der Waals surface area contributed by atoms with E-state index < -0.39 is 15.3 Å². The summed E-state index contributed by atoms with van der Waals surface area (Å²) in [6.07, 6.45) is 0. The number of hydrogen-bond acceptors (Lipinski definition) is 2. The molecule has 2 aromatic rings. The molecule has 2 aromatic carbocycles. The number of hydrogen-bond donors (Lipinski definition) is 0. The second-order valence-electron chi connectivity index (χ2n) is 3.59. The lowest BCUT2D eigenvalue weighted by molar-refractivity contribution is 0.170. The molecule has 2 rings (SSSR count). The average Bonchev–Trinajstić information content (AvgIpc) is 2.28. The average molecular weight is 235 g/mol. The van der Waals surface area contributed by atoms with E-state index >= 15 is 0 Å². The van der Waals surface area contributed by atoms with Crippen LogP contribution in [-0.4, -0.2) is 13.9 Å². The van der Waals surface area contributed by atoms with Crippen molar-refractivity contribution in [3.8, 4) is 0 Å². The van der Waals surface area contributed by atoms with Crippen LogP contribution in [0.3, 0.4) is 0 Å². The second kappa shape index (κ2) is 3.88. The summed E-state index contributed by atoms with van der Waals surface area (Å²) in [7, 11) is -3.76. The predicted molar refractivity (Wildman–Crippen MR) is 61.3 cm³/mol. The molecule has 1 unspecified atom stereocenters. The molecule has 0 amide bonds. The van der Waals surface area contributed by atoms with E-state index in [0.717, 1.165) is 12.3 Å². The Kier molecular flexibility index (Phi) is 2.69. The topological polar surface area (TPSA) is 54.0 Å². The third-order valence-electron chi connectivity index (χ3n) is 2.49. The van der Waals surface area contributed by atoms with E-state index in [0.29, 0.717) is 5.39 Å². The van der Waals surface area contributed by atoms with E-state index in [1.807, 2.05) is 18.2 Å². The highest BCUT2D eigenvalue weighted by molar-refractivity contribution is 7.92. The van der Waals surface area contributed by atoms with Crippen LogP contribution in [0.4, 0.5) is 0 Å². The van der Waals surface area contributed by atoms with E-state index in [1.54, 1.807) is 18.2 Å². The van der Waals surface area contributed by atoms with Gasteiger partial charge in [0.25, 0.3) is 0 Å². The van der Waals surface area contributed by atoms with Gasteiger partial charge in [-0.3, -0.25) is 0 Å². The molecule has 1 radical (unpaired) electrons. The molecule has 0 saturated heterocycles. The maximum Gasteiger partial charge on any atom is 0.208 e. The molecular weight excluding hydrogens is 224 g/mol. The van der Waals surface area contributed by atoms with E-state index in [2.05, 4.69) is 0 Å². The van der Waals surface area contributed by atoms with Crippen molar-refractivity contribution >= 4 is 20.6 Å². The highest BCUT2D eigenvalue weighted by Crippen LogP contribution is 2.25. The van der Waals surface area contributed by atoms with Crippen molar-refractivity contribution in [2.45, 2.75) is 17.3 Å². The van der Waals surface area contributed by atoms with Gasteiger partial charge in [-0.15, -0.1) is 0 Å². The van der Waals surface area contributed by atoms with Crippen LogP contribution >= 0.6 is 0 Å². The Morgan fingerprint density at radius 1 is 1.00 bits per heavy atom. The summed E-state index contributed by atoms with van der Waals surface area (Å²) in [5.41, 5.74) is -1.64. The van der Waals surface area contributed by atoms with Gasteiger partial charge in [0.05, 0.1) is 4.90 Å². The lowest BCUT2D eigenvalue weighted by Crippen LogP contribution is -2.15. The minimum Gasteiger partial charge on any atom is -0.221 e. The van der Waals surface area contributed by atoms with Crippen LogP contribution in [0.1, 0.15) is 6.92 Å². The predicted octanol–water partition coefficient (Wildman–Crippen LogP) is 2.39. The molecular formula is C12H11O3S. The summed E-state index contributed by atoms with van der Waals surface area (Å²) in [5.74, 6) is 0. The third kappa shape index (κ3) is 1.70. The molecule has 83 valence electrons. The zero-order valence-corrected chi connectivity index (χ0v) is 9.57. The van der Waals surface area contributed by atoms with Crippen LogP contribution in [0.2, 0.25) is 0 Å². The first kappa shape index (κ1) is 11.1. The lowest BCUT2D eigenvalue weighted by atomic mass is 10.1. The Balaban J connectivity index is 2.80. The Hall–Kier alpha value is -1.39. The quantitative estimate of drug-likeness (QED) is 0.802. The van der Waals surface area contributed by atoms with Crippen molar-refractivity contribution in [1.29, 1.82) is 0 Å². The fraction of sp³-hybridized carbons (Fsp3) is 0.167. The standard InChI is InChI=1S/C12H11O3S/c1-9(13)16(14,15)12-8-4-6-10-5-2-3-7-11(10)12/h2-9H,1H3. The van der Waals surface area contributed by atoms with E-state index in [1.165, 1.54) is 6.07 Å². The first-order chi connectivity index (χ1) is 7.53. The van der Waals surface area contributed by atoms with Gasteiger partial charge in [0.1, 0.15) is 0 Å². The molecule has 1 atom stereocenters. The normalized spacial score (nSPS) is 13.9. The summed E-state index contributed by atoms with van der Waals surface area (Å²) in [6.45, 7) is 1.15. The molecule has 0 heterocycles. The molecule has 0 aromatic heterocycles. The zero-order chi connectivity index (χ0) is 11.8. The highest BCUT2D eigenvalue weighted by Gasteiger charge is 2.24. The van der Waals surface area contributed by atoms with Crippen LogP contribution in [0.25, 0.3) is 10.8 Å². The fourth-order valence-corrected chi connectivity index (χ4v) is 2.74. The number of sulfone groups is 1. The van der Waals surface area contributed by atoms with Crippen LogP contribution in [0.5, 0.6) is 0 Å². The minimum atomic E-state index is -3.76. The fourth-order valence-electron chi connectivity index (χ4n) is 1.62. The maximum atomic E-state index is 11.8. The van der Waals surface area contributed by atoms with Gasteiger partial charge in [-0.2, -0.15) is 0 Å². The number of fused-ring (bicyclic) bond motifs is 1. The van der Waals surface area contributed by atoms with Crippen molar-refractivity contribution in [2.24, 2.45) is 0 Å². The summed E-state index contributed by atoms with van der Waals surface area (Å²) in [6, 6.07) is 12.1. The molecule has 0 aliphatic rings. The molecule has 4 heteroatoms. The second-order valence-corrected chi connectivity index (χ2v) is 5.78. The van der Waals surface area contributed by atoms with Crippen LogP contribution in [0.15, 0.2) is 47.4 Å². The van der Waals surface area contributed by atoms with Gasteiger partial charge in [-0.05, 0) is 18.4 Å². The van der Waals surface area contributed by atoms with Crippen molar-refractivity contribution in [3.05, 3.63) is 42.5 Å². The molecule has 0 bridgehead atoms. The van der Waals surface area contributed by atoms with Crippen molar-refractivity contribution < 1.29 is 13.5 Å². The third-order valence-corrected chi connectivity index (χ3v) is 4.34. The van der Waals surface area contributed by atoms with Crippen molar-refractivity contribution in [1.82, 2.24) is 0 Å². The first-order valence-corrected chi connectivity index (χ1v) is 6.45. The lowest BCUT2D eigenvalue weighted by Gasteiger charge is -2.08. The van der Waals surface area contributed by atoms with E-state index in [9.17, 15) is 13.5 Å². The van der Waals surface area contributed by atoms with E-state index in [4.69, 9.17) is 0 Å². The molecule has 3 nitrogen and oxygen atoms in total. The van der Waals surface area contributed by atoms with Gasteiger partial charge in [-0.1, -0.05) is 36.4 Å². The Morgan fingerprint density at radius 3 is 2.31 bits per heavy atom. The van der Waals surface area contributed by atoms with Crippen LogP contribution in [-0.2, 0) is 14.9 Å². The largest absolute Gasteiger partial charge is 0.221 e. The van der Waals surface area contributed by atoms with Crippen LogP contribution in [0, 0.1) is 0 Å². The van der Waals surface area contributed by atoms with Gasteiger partial charge >= 0.3 is 0 Å². The molecule has 16 heavy (non-hydrogen) atoms. The number of rotatable bonds is 2. The van der Waals surface area contributed by atoms with E-state index in [-0.39, 0.29) is 4.90 Å². The molecule has 0 saturated carbocycles. The minimum absolute atomic E-state index is 0.119. The van der Waals surface area contributed by atoms with Gasteiger partial charge < -0.3 is 0 Å². The Labute approximate surface area is 94.3 Å². The van der Waals surface area contributed by atoms with Crippen LogP contribution < -0.4 is 0 Å². The highest BCUT2D eigenvalue weighted by atomic mass is 32.2. The summed E-state index contributed by atoms with van der Waals surface area (Å²) >= 11 is 0. The zero-order valence-electron chi connectivity index (χ0n) is 8.75. The van der Waals surface area contributed by atoms with Gasteiger partial charge in [-0.25, -0.2) is 13.5 Å². The molecule has 0 aliphatic heterocycles. The van der Waals surface area contributed by atoms with Crippen molar-refractivity contribution in [3.63, 3.8) is 0 Å². The monoisotopic (exact) mass is 235 g/mol. The maximum absolute atomic E-state index is 11.8. The first-order valence-electron chi connectivity index (χ1n) is 4.91. The van der Waals surface area contributed by atoms with Crippen molar-refractivity contribution in [2.75, 3.05) is 0 Å². The Bertz CT molecular complexity index is 610. The summed E-state index contributed by atoms with van der Waals surface area (Å²) in [4.78, 5) is 0.119. The smallest absolute Gasteiger partial charge is 0.208 e. The molecule has 0 spiro atoms. The summed E-state index contributed by atoms with van der Waals surface area (Å²) in [5, 5.41) is 12.6. The molecule has 0 aliphatic carbocycles. The van der Waals surface area contributed by atoms with Gasteiger partial charge in [0, 0.05) is 5.39 Å². The summed E-state index contributed by atoms with van der Waals surface area (Å²) < 4.78 is 23.7. The molecule has 0 N–H and O–H groups in total.